The number of piperidine rings is 1. The highest BCUT2D eigenvalue weighted by Crippen LogP contribution is 2.32. The van der Waals surface area contributed by atoms with E-state index in [0.717, 1.165) is 12.1 Å². The molecule has 0 bridgehead atoms. The Morgan fingerprint density at radius 3 is 2.70 bits per heavy atom. The summed E-state index contributed by atoms with van der Waals surface area (Å²) >= 11 is 0. The molecule has 146 valence electrons. The van der Waals surface area contributed by atoms with Gasteiger partial charge in [-0.05, 0) is 31.0 Å². The first-order valence-electron chi connectivity index (χ1n) is 8.70. The number of nitrogens with two attached hydrogens (primary N) is 1. The monoisotopic (exact) mass is 382 g/mol. The van der Waals surface area contributed by atoms with E-state index in [2.05, 4.69) is 15.6 Å². The van der Waals surface area contributed by atoms with Crippen LogP contribution in [0.3, 0.4) is 0 Å². The third-order valence-electron chi connectivity index (χ3n) is 4.50. The topological polar surface area (TPSA) is 89.1 Å². The molecule has 0 radical (unpaired) electrons. The fraction of sp³-hybridized carbons (Fsp3) is 0.471. The van der Waals surface area contributed by atoms with E-state index < -0.39 is 11.7 Å². The molecule has 3 N–H and O–H groups in total. The van der Waals surface area contributed by atoms with Gasteiger partial charge < -0.3 is 16.0 Å². The molecule has 0 atom stereocenters. The Bertz CT molecular complexity index is 783. The molecule has 27 heavy (non-hydrogen) atoms. The van der Waals surface area contributed by atoms with Gasteiger partial charge in [0.25, 0.3) is 5.91 Å². The van der Waals surface area contributed by atoms with Gasteiger partial charge in [-0.3, -0.25) is 9.48 Å². The Morgan fingerprint density at radius 1 is 1.30 bits per heavy atom. The first-order chi connectivity index (χ1) is 12.9. The summed E-state index contributed by atoms with van der Waals surface area (Å²) in [4.78, 5) is 14.1. The molecular weight excluding hydrogens is 361 g/mol. The van der Waals surface area contributed by atoms with Crippen LogP contribution in [-0.2, 0) is 12.7 Å². The summed E-state index contributed by atoms with van der Waals surface area (Å²) in [5.41, 5.74) is 5.54. The zero-order valence-electron chi connectivity index (χ0n) is 14.6. The van der Waals surface area contributed by atoms with Crippen molar-refractivity contribution in [1.82, 2.24) is 20.3 Å². The van der Waals surface area contributed by atoms with Crippen LogP contribution in [-0.4, -0.2) is 46.6 Å². The van der Waals surface area contributed by atoms with Crippen LogP contribution in [0.5, 0.6) is 0 Å². The second-order valence-corrected chi connectivity index (χ2v) is 6.44. The average Bonchev–Trinajstić information content (AvgIpc) is 3.11. The predicted molar refractivity (Wildman–Crippen MR) is 93.2 cm³/mol. The summed E-state index contributed by atoms with van der Waals surface area (Å²) < 4.78 is 40.1. The van der Waals surface area contributed by atoms with Crippen molar-refractivity contribution in [3.8, 4) is 0 Å². The average molecular weight is 382 g/mol. The van der Waals surface area contributed by atoms with Gasteiger partial charge in [0.2, 0.25) is 0 Å². The molecule has 0 aliphatic carbocycles. The Kier molecular flexibility index (Phi) is 5.64. The van der Waals surface area contributed by atoms with Crippen molar-refractivity contribution in [1.29, 1.82) is 0 Å². The van der Waals surface area contributed by atoms with Gasteiger partial charge in [-0.1, -0.05) is 11.3 Å². The number of hydrogen-bond donors (Lipinski definition) is 2. The smallest absolute Gasteiger partial charge is 0.371 e. The van der Waals surface area contributed by atoms with Crippen LogP contribution in [0.2, 0.25) is 0 Å². The predicted octanol–water partition coefficient (Wildman–Crippen LogP) is 1.65. The second-order valence-electron chi connectivity index (χ2n) is 6.44. The Morgan fingerprint density at radius 2 is 2.04 bits per heavy atom. The lowest BCUT2D eigenvalue weighted by molar-refractivity contribution is -0.137. The highest BCUT2D eigenvalue weighted by Gasteiger charge is 2.31. The molecule has 0 spiro atoms. The lowest BCUT2D eigenvalue weighted by atomic mass is 10.0. The fourth-order valence-electron chi connectivity index (χ4n) is 3.06. The maximum atomic E-state index is 12.9. The molecule has 1 aliphatic rings. The third-order valence-corrected chi connectivity index (χ3v) is 4.50. The van der Waals surface area contributed by atoms with Crippen LogP contribution in [0.4, 0.5) is 18.9 Å². The molecule has 1 saturated heterocycles. The molecule has 0 unspecified atom stereocenters. The molecule has 1 aromatic heterocycles. The highest BCUT2D eigenvalue weighted by atomic mass is 19.4. The molecule has 2 heterocycles. The van der Waals surface area contributed by atoms with Crippen LogP contribution in [0.1, 0.15) is 28.9 Å². The number of alkyl halides is 3. The summed E-state index contributed by atoms with van der Waals surface area (Å²) in [6, 6.07) is 5.25. The minimum atomic E-state index is -4.36. The Labute approximate surface area is 154 Å². The van der Waals surface area contributed by atoms with Crippen molar-refractivity contribution in [2.24, 2.45) is 5.73 Å². The van der Waals surface area contributed by atoms with Crippen LogP contribution in [0.15, 0.2) is 30.5 Å². The number of carbonyl (C=O) groups excluding carboxylic acids is 1. The van der Waals surface area contributed by atoms with Crippen LogP contribution < -0.4 is 16.0 Å². The van der Waals surface area contributed by atoms with E-state index in [4.69, 9.17) is 5.73 Å². The van der Waals surface area contributed by atoms with Gasteiger partial charge in [-0.25, -0.2) is 0 Å². The zero-order valence-corrected chi connectivity index (χ0v) is 14.6. The quantitative estimate of drug-likeness (QED) is 0.821. The lowest BCUT2D eigenvalue weighted by Gasteiger charge is -2.34. The number of carbonyl (C=O) groups is 1. The molecule has 1 fully saturated rings. The zero-order chi connectivity index (χ0) is 19.4. The Balaban J connectivity index is 1.55. The maximum Gasteiger partial charge on any atom is 0.416 e. The van der Waals surface area contributed by atoms with E-state index in [-0.39, 0.29) is 17.6 Å². The van der Waals surface area contributed by atoms with E-state index in [9.17, 15) is 18.0 Å². The number of nitrogens with zero attached hydrogens (tertiary/aromatic N) is 4. The number of aromatic nitrogens is 3. The van der Waals surface area contributed by atoms with Crippen molar-refractivity contribution in [3.63, 3.8) is 0 Å². The van der Waals surface area contributed by atoms with Crippen LogP contribution >= 0.6 is 0 Å². The molecule has 7 nitrogen and oxygen atoms in total. The van der Waals surface area contributed by atoms with Gasteiger partial charge >= 0.3 is 6.18 Å². The molecule has 1 amide bonds. The molecule has 10 heteroatoms. The summed E-state index contributed by atoms with van der Waals surface area (Å²) in [5, 5.41) is 10.6. The maximum absolute atomic E-state index is 12.9. The van der Waals surface area contributed by atoms with Crippen molar-refractivity contribution < 1.29 is 18.0 Å². The lowest BCUT2D eigenvalue weighted by Crippen LogP contribution is -2.44. The molecule has 1 aliphatic heterocycles. The molecule has 3 rings (SSSR count). The molecular formula is C17H21F3N6O. The third kappa shape index (κ3) is 4.76. The van der Waals surface area contributed by atoms with Crippen molar-refractivity contribution >= 4 is 11.6 Å². The molecule has 2 aromatic rings. The van der Waals surface area contributed by atoms with Gasteiger partial charge in [0.1, 0.15) is 0 Å². The minimum Gasteiger partial charge on any atom is -0.371 e. The van der Waals surface area contributed by atoms with E-state index in [1.807, 2.05) is 4.90 Å². The summed E-state index contributed by atoms with van der Waals surface area (Å²) in [6.07, 6.45) is -1.54. The summed E-state index contributed by atoms with van der Waals surface area (Å²) in [5.74, 6) is -0.309. The number of nitrogens with one attached hydrogen (secondary N) is 1. The molecule has 1 aromatic carbocycles. The fourth-order valence-corrected chi connectivity index (χ4v) is 3.06. The largest absolute Gasteiger partial charge is 0.416 e. The van der Waals surface area contributed by atoms with Gasteiger partial charge in [0.15, 0.2) is 5.69 Å². The summed E-state index contributed by atoms with van der Waals surface area (Å²) in [6.45, 7) is 2.01. The van der Waals surface area contributed by atoms with Crippen molar-refractivity contribution in [3.05, 3.63) is 41.7 Å². The number of hydrogen-bond acceptors (Lipinski definition) is 5. The highest BCUT2D eigenvalue weighted by molar-refractivity contribution is 5.92. The number of rotatable bonds is 5. The SMILES string of the molecule is NCCn1cc(C(=O)NC2CCN(c3cccc(C(F)(F)F)c3)CC2)nn1. The van der Waals surface area contributed by atoms with Crippen LogP contribution in [0.25, 0.3) is 0 Å². The first-order valence-corrected chi connectivity index (χ1v) is 8.70. The van der Waals surface area contributed by atoms with Crippen molar-refractivity contribution in [2.45, 2.75) is 31.6 Å². The number of halogens is 3. The standard InChI is InChI=1S/C17H21F3N6O/c18-17(19,20)12-2-1-3-14(10-12)25-7-4-13(5-8-25)22-16(27)15-11-26(9-6-21)24-23-15/h1-3,10-11,13H,4-9,21H2,(H,22,27). The Hall–Kier alpha value is -2.62. The van der Waals surface area contributed by atoms with Crippen LogP contribution in [0, 0.1) is 0 Å². The number of benzene rings is 1. The number of anilines is 1. The summed E-state index contributed by atoms with van der Waals surface area (Å²) in [7, 11) is 0. The molecule has 0 saturated carbocycles. The first kappa shape index (κ1) is 19.2. The number of amides is 1. The minimum absolute atomic E-state index is 0.0563. The van der Waals surface area contributed by atoms with Gasteiger partial charge in [0.05, 0.1) is 18.3 Å². The van der Waals surface area contributed by atoms with Gasteiger partial charge in [-0.2, -0.15) is 13.2 Å². The van der Waals surface area contributed by atoms with Crippen molar-refractivity contribution in [2.75, 3.05) is 24.5 Å². The normalized spacial score (nSPS) is 15.8. The van der Waals surface area contributed by atoms with E-state index in [1.54, 1.807) is 12.3 Å². The van der Waals surface area contributed by atoms with E-state index in [1.165, 1.54) is 10.7 Å². The van der Waals surface area contributed by atoms with E-state index in [0.29, 0.717) is 44.7 Å². The van der Waals surface area contributed by atoms with Gasteiger partial charge in [0, 0.05) is 31.4 Å². The second kappa shape index (κ2) is 7.95. The van der Waals surface area contributed by atoms with Gasteiger partial charge in [-0.15, -0.1) is 5.10 Å². The van der Waals surface area contributed by atoms with E-state index >= 15 is 0 Å².